The third-order valence-corrected chi connectivity index (χ3v) is 3.99. The standard InChI is InChI=1S/C17H26N2O/c1-2-3-4-14-5-7-16(8-6-14)19-17(20)13-15-9-11-18-12-10-15/h5-8,15,18H,2-4,9-13H2,1H3,(H,19,20). The first-order chi connectivity index (χ1) is 9.78. The van der Waals surface area contributed by atoms with Gasteiger partial charge in [-0.15, -0.1) is 0 Å². The van der Waals surface area contributed by atoms with Crippen molar-refractivity contribution in [2.24, 2.45) is 5.92 Å². The maximum atomic E-state index is 12.0. The predicted molar refractivity (Wildman–Crippen MR) is 83.9 cm³/mol. The van der Waals surface area contributed by atoms with Crippen LogP contribution in [0.3, 0.4) is 0 Å². The molecule has 2 rings (SSSR count). The van der Waals surface area contributed by atoms with Crippen LogP contribution in [0.4, 0.5) is 5.69 Å². The van der Waals surface area contributed by atoms with E-state index in [1.165, 1.54) is 18.4 Å². The number of anilines is 1. The molecule has 2 N–H and O–H groups in total. The molecule has 3 nitrogen and oxygen atoms in total. The minimum Gasteiger partial charge on any atom is -0.326 e. The summed E-state index contributed by atoms with van der Waals surface area (Å²) in [7, 11) is 0. The molecule has 1 fully saturated rings. The number of carbonyl (C=O) groups is 1. The predicted octanol–water partition coefficient (Wildman–Crippen LogP) is 3.36. The molecule has 110 valence electrons. The summed E-state index contributed by atoms with van der Waals surface area (Å²) in [6, 6.07) is 8.28. The monoisotopic (exact) mass is 274 g/mol. The molecule has 1 aliphatic rings. The van der Waals surface area contributed by atoms with Crippen molar-refractivity contribution in [2.75, 3.05) is 18.4 Å². The van der Waals surface area contributed by atoms with E-state index >= 15 is 0 Å². The Morgan fingerprint density at radius 1 is 1.25 bits per heavy atom. The van der Waals surface area contributed by atoms with Crippen molar-refractivity contribution in [3.05, 3.63) is 29.8 Å². The summed E-state index contributed by atoms with van der Waals surface area (Å²) in [5.74, 6) is 0.693. The van der Waals surface area contributed by atoms with Crippen molar-refractivity contribution in [1.29, 1.82) is 0 Å². The van der Waals surface area contributed by atoms with Gasteiger partial charge in [-0.3, -0.25) is 4.79 Å². The number of piperidine rings is 1. The number of hydrogen-bond acceptors (Lipinski definition) is 2. The minimum absolute atomic E-state index is 0.151. The first-order valence-electron chi connectivity index (χ1n) is 7.87. The van der Waals surface area contributed by atoms with Crippen LogP contribution in [0.5, 0.6) is 0 Å². The molecule has 0 atom stereocenters. The Morgan fingerprint density at radius 2 is 1.95 bits per heavy atom. The van der Waals surface area contributed by atoms with Crippen molar-refractivity contribution in [3.8, 4) is 0 Å². The molecule has 0 unspecified atom stereocenters. The Balaban J connectivity index is 1.78. The minimum atomic E-state index is 0.151. The van der Waals surface area contributed by atoms with E-state index in [2.05, 4.69) is 29.7 Å². The van der Waals surface area contributed by atoms with Crippen LogP contribution in [-0.2, 0) is 11.2 Å². The number of amides is 1. The lowest BCUT2D eigenvalue weighted by Crippen LogP contribution is -2.30. The van der Waals surface area contributed by atoms with Crippen LogP contribution in [0, 0.1) is 5.92 Å². The average molecular weight is 274 g/mol. The van der Waals surface area contributed by atoms with Gasteiger partial charge in [-0.25, -0.2) is 0 Å². The number of nitrogens with one attached hydrogen (secondary N) is 2. The number of rotatable bonds is 6. The Labute approximate surface area is 122 Å². The molecule has 0 aliphatic carbocycles. The molecule has 0 radical (unpaired) electrons. The van der Waals surface area contributed by atoms with Crippen LogP contribution in [0.1, 0.15) is 44.6 Å². The molecule has 1 saturated heterocycles. The summed E-state index contributed by atoms with van der Waals surface area (Å²) in [5, 5.41) is 6.34. The number of benzene rings is 1. The SMILES string of the molecule is CCCCc1ccc(NC(=O)CC2CCNCC2)cc1. The van der Waals surface area contributed by atoms with Crippen LogP contribution in [0.2, 0.25) is 0 Å². The lowest BCUT2D eigenvalue weighted by molar-refractivity contribution is -0.117. The zero-order valence-electron chi connectivity index (χ0n) is 12.5. The third-order valence-electron chi connectivity index (χ3n) is 3.99. The molecular weight excluding hydrogens is 248 g/mol. The molecule has 3 heteroatoms. The highest BCUT2D eigenvalue weighted by molar-refractivity contribution is 5.90. The highest BCUT2D eigenvalue weighted by atomic mass is 16.1. The molecule has 1 heterocycles. The van der Waals surface area contributed by atoms with E-state index in [9.17, 15) is 4.79 Å². The smallest absolute Gasteiger partial charge is 0.224 e. The second-order valence-electron chi connectivity index (χ2n) is 5.75. The molecule has 1 aromatic rings. The van der Waals surface area contributed by atoms with Crippen molar-refractivity contribution < 1.29 is 4.79 Å². The maximum absolute atomic E-state index is 12.0. The second-order valence-corrected chi connectivity index (χ2v) is 5.75. The molecule has 1 amide bonds. The van der Waals surface area contributed by atoms with Crippen LogP contribution < -0.4 is 10.6 Å². The van der Waals surface area contributed by atoms with Crippen LogP contribution in [0.15, 0.2) is 24.3 Å². The number of hydrogen-bond donors (Lipinski definition) is 2. The topological polar surface area (TPSA) is 41.1 Å². The van der Waals surface area contributed by atoms with Gasteiger partial charge in [-0.1, -0.05) is 25.5 Å². The van der Waals surface area contributed by atoms with Crippen molar-refractivity contribution in [3.63, 3.8) is 0 Å². The number of carbonyl (C=O) groups excluding carboxylic acids is 1. The van der Waals surface area contributed by atoms with Crippen LogP contribution in [-0.4, -0.2) is 19.0 Å². The Hall–Kier alpha value is -1.35. The first kappa shape index (κ1) is 15.0. The highest BCUT2D eigenvalue weighted by Crippen LogP contribution is 2.17. The lowest BCUT2D eigenvalue weighted by atomic mass is 9.94. The van der Waals surface area contributed by atoms with Crippen molar-refractivity contribution in [1.82, 2.24) is 5.32 Å². The van der Waals surface area contributed by atoms with Gasteiger partial charge in [0.05, 0.1) is 0 Å². The summed E-state index contributed by atoms with van der Waals surface area (Å²) in [6.45, 7) is 4.30. The zero-order chi connectivity index (χ0) is 14.2. The largest absolute Gasteiger partial charge is 0.326 e. The average Bonchev–Trinajstić information content (AvgIpc) is 2.47. The molecule has 0 spiro atoms. The molecular formula is C17H26N2O. The second kappa shape index (κ2) is 8.05. The van der Waals surface area contributed by atoms with E-state index < -0.39 is 0 Å². The van der Waals surface area contributed by atoms with Gasteiger partial charge >= 0.3 is 0 Å². The fourth-order valence-corrected chi connectivity index (χ4v) is 2.70. The Bertz CT molecular complexity index is 408. The highest BCUT2D eigenvalue weighted by Gasteiger charge is 2.16. The van der Waals surface area contributed by atoms with Gasteiger partial charge in [0.15, 0.2) is 0 Å². The summed E-state index contributed by atoms with van der Waals surface area (Å²) in [6.07, 6.45) is 6.45. The lowest BCUT2D eigenvalue weighted by Gasteiger charge is -2.21. The molecule has 0 saturated carbocycles. The molecule has 0 bridgehead atoms. The Morgan fingerprint density at radius 3 is 2.60 bits per heavy atom. The summed E-state index contributed by atoms with van der Waals surface area (Å²) in [5.41, 5.74) is 2.27. The fraction of sp³-hybridized carbons (Fsp3) is 0.588. The molecule has 20 heavy (non-hydrogen) atoms. The van der Waals surface area contributed by atoms with Gasteiger partial charge in [-0.2, -0.15) is 0 Å². The van der Waals surface area contributed by atoms with Gasteiger partial charge < -0.3 is 10.6 Å². The quantitative estimate of drug-likeness (QED) is 0.835. The molecule has 1 aromatic carbocycles. The van der Waals surface area contributed by atoms with Gasteiger partial charge in [0, 0.05) is 12.1 Å². The van der Waals surface area contributed by atoms with Gasteiger partial charge in [-0.05, 0) is 62.4 Å². The Kier molecular flexibility index (Phi) is 6.06. The molecule has 0 aromatic heterocycles. The third kappa shape index (κ3) is 4.97. The fourth-order valence-electron chi connectivity index (χ4n) is 2.70. The van der Waals surface area contributed by atoms with E-state index in [0.29, 0.717) is 12.3 Å². The molecule has 1 aliphatic heterocycles. The van der Waals surface area contributed by atoms with E-state index in [4.69, 9.17) is 0 Å². The number of aryl methyl sites for hydroxylation is 1. The van der Waals surface area contributed by atoms with Crippen LogP contribution >= 0.6 is 0 Å². The van der Waals surface area contributed by atoms with E-state index in [1.807, 2.05) is 12.1 Å². The van der Waals surface area contributed by atoms with Crippen LogP contribution in [0.25, 0.3) is 0 Å². The maximum Gasteiger partial charge on any atom is 0.224 e. The first-order valence-corrected chi connectivity index (χ1v) is 7.87. The summed E-state index contributed by atoms with van der Waals surface area (Å²) < 4.78 is 0. The van der Waals surface area contributed by atoms with Gasteiger partial charge in [0.1, 0.15) is 0 Å². The van der Waals surface area contributed by atoms with E-state index in [-0.39, 0.29) is 5.91 Å². The zero-order valence-corrected chi connectivity index (χ0v) is 12.5. The van der Waals surface area contributed by atoms with Gasteiger partial charge in [0.2, 0.25) is 5.91 Å². The van der Waals surface area contributed by atoms with E-state index in [1.54, 1.807) is 0 Å². The normalized spacial score (nSPS) is 16.1. The summed E-state index contributed by atoms with van der Waals surface area (Å²) >= 11 is 0. The van der Waals surface area contributed by atoms with Crippen molar-refractivity contribution in [2.45, 2.75) is 45.4 Å². The van der Waals surface area contributed by atoms with Gasteiger partial charge in [0.25, 0.3) is 0 Å². The van der Waals surface area contributed by atoms with E-state index in [0.717, 1.165) is 38.0 Å². The van der Waals surface area contributed by atoms with Crippen molar-refractivity contribution >= 4 is 11.6 Å². The summed E-state index contributed by atoms with van der Waals surface area (Å²) in [4.78, 5) is 12.0. The number of unbranched alkanes of at least 4 members (excludes halogenated alkanes) is 1.